The zero-order valence-electron chi connectivity index (χ0n) is 16.1. The summed E-state index contributed by atoms with van der Waals surface area (Å²) in [5.74, 6) is 0.492. The topological polar surface area (TPSA) is 0 Å². The van der Waals surface area contributed by atoms with E-state index in [1.165, 1.54) is 34.3 Å². The Morgan fingerprint density at radius 3 is 2.26 bits per heavy atom. The van der Waals surface area contributed by atoms with Gasteiger partial charge in [0.05, 0.1) is 0 Å². The molecular formula is C23H34. The predicted molar refractivity (Wildman–Crippen MR) is 108 cm³/mol. The lowest BCUT2D eigenvalue weighted by Crippen LogP contribution is -1.94. The van der Waals surface area contributed by atoms with Gasteiger partial charge < -0.3 is 0 Å². The Labute approximate surface area is 144 Å². The molecule has 0 heteroatoms. The number of hydrogen-bond acceptors (Lipinski definition) is 0. The van der Waals surface area contributed by atoms with Crippen LogP contribution in [0.25, 0.3) is 0 Å². The monoisotopic (exact) mass is 310 g/mol. The Bertz CT molecular complexity index is 557. The van der Waals surface area contributed by atoms with Crippen molar-refractivity contribution in [2.45, 2.75) is 54.9 Å². The van der Waals surface area contributed by atoms with E-state index in [4.69, 9.17) is 0 Å². The van der Waals surface area contributed by atoms with Crippen molar-refractivity contribution in [3.63, 3.8) is 0 Å². The van der Waals surface area contributed by atoms with Crippen molar-refractivity contribution in [2.75, 3.05) is 0 Å². The highest BCUT2D eigenvalue weighted by molar-refractivity contribution is 5.57. The normalized spacial score (nSPS) is 19.3. The van der Waals surface area contributed by atoms with Gasteiger partial charge in [0.1, 0.15) is 0 Å². The SMILES string of the molecule is C=C\C=C/C(C)=C(C)/C(=C/C)C1=C(C)C=CC(C)C=C1.CCC. The van der Waals surface area contributed by atoms with Gasteiger partial charge in [0, 0.05) is 0 Å². The molecule has 0 aromatic rings. The molecule has 0 radical (unpaired) electrons. The maximum atomic E-state index is 3.73. The molecule has 0 nitrogen and oxygen atoms in total. The smallest absolute Gasteiger partial charge is 0.00753 e. The van der Waals surface area contributed by atoms with Crippen LogP contribution in [0, 0.1) is 5.92 Å². The Morgan fingerprint density at radius 1 is 1.17 bits per heavy atom. The lowest BCUT2D eigenvalue weighted by molar-refractivity contribution is 0.941. The van der Waals surface area contributed by atoms with Gasteiger partial charge in [0.15, 0.2) is 0 Å². The van der Waals surface area contributed by atoms with Gasteiger partial charge in [-0.3, -0.25) is 0 Å². The molecule has 0 fully saturated rings. The average molecular weight is 311 g/mol. The highest BCUT2D eigenvalue weighted by Gasteiger charge is 2.10. The third kappa shape index (κ3) is 7.32. The third-order valence-electron chi connectivity index (χ3n) is 3.70. The molecule has 0 bridgehead atoms. The van der Waals surface area contributed by atoms with Crippen LogP contribution in [0.5, 0.6) is 0 Å². The molecule has 0 spiro atoms. The molecule has 1 atom stereocenters. The number of rotatable bonds is 4. The van der Waals surface area contributed by atoms with Crippen molar-refractivity contribution >= 4 is 0 Å². The van der Waals surface area contributed by atoms with E-state index in [2.05, 4.69) is 91.5 Å². The molecule has 126 valence electrons. The van der Waals surface area contributed by atoms with E-state index in [-0.39, 0.29) is 0 Å². The van der Waals surface area contributed by atoms with E-state index >= 15 is 0 Å². The summed E-state index contributed by atoms with van der Waals surface area (Å²) in [6.07, 6.45) is 18.3. The molecule has 0 heterocycles. The van der Waals surface area contributed by atoms with Gasteiger partial charge in [0.25, 0.3) is 0 Å². The summed E-state index contributed by atoms with van der Waals surface area (Å²) in [6.45, 7) is 18.8. The zero-order chi connectivity index (χ0) is 17.8. The van der Waals surface area contributed by atoms with Gasteiger partial charge >= 0.3 is 0 Å². The highest BCUT2D eigenvalue weighted by Crippen LogP contribution is 2.28. The van der Waals surface area contributed by atoms with Crippen molar-refractivity contribution in [1.29, 1.82) is 0 Å². The van der Waals surface area contributed by atoms with Gasteiger partial charge in [-0.25, -0.2) is 0 Å². The molecule has 1 aliphatic rings. The predicted octanol–water partition coefficient (Wildman–Crippen LogP) is 7.51. The van der Waals surface area contributed by atoms with Gasteiger partial charge in [-0.15, -0.1) is 0 Å². The standard InChI is InChI=1S/C20H26.C3H8/c1-7-9-10-16(4)18(6)19(8-2)20-14-12-15(3)11-13-17(20)5;1-3-2/h7-15H,1H2,2-6H3;3H2,1-2H3/b10-9-,18-16+,19-8-;. The lowest BCUT2D eigenvalue weighted by Gasteiger charge is -2.13. The van der Waals surface area contributed by atoms with E-state index in [9.17, 15) is 0 Å². The molecular weight excluding hydrogens is 276 g/mol. The molecule has 0 aliphatic heterocycles. The quantitative estimate of drug-likeness (QED) is 0.471. The maximum Gasteiger partial charge on any atom is -0.00753 e. The molecule has 23 heavy (non-hydrogen) atoms. The van der Waals surface area contributed by atoms with Gasteiger partial charge in [0.2, 0.25) is 0 Å². The van der Waals surface area contributed by atoms with Crippen molar-refractivity contribution in [3.05, 3.63) is 83.1 Å². The van der Waals surface area contributed by atoms with Crippen LogP contribution in [0.4, 0.5) is 0 Å². The molecule has 0 N–H and O–H groups in total. The molecule has 1 unspecified atom stereocenters. The van der Waals surface area contributed by atoms with E-state index in [0.717, 1.165) is 0 Å². The summed E-state index contributed by atoms with van der Waals surface area (Å²) in [7, 11) is 0. The Kier molecular flexibility index (Phi) is 10.8. The van der Waals surface area contributed by atoms with Crippen LogP contribution in [0.1, 0.15) is 54.9 Å². The second-order valence-corrected chi connectivity index (χ2v) is 5.99. The second-order valence-electron chi connectivity index (χ2n) is 5.99. The minimum Gasteiger partial charge on any atom is -0.0991 e. The fourth-order valence-corrected chi connectivity index (χ4v) is 2.26. The van der Waals surface area contributed by atoms with Gasteiger partial charge in [-0.2, -0.15) is 0 Å². The molecule has 0 saturated heterocycles. The lowest BCUT2D eigenvalue weighted by atomic mass is 9.91. The van der Waals surface area contributed by atoms with Crippen molar-refractivity contribution in [3.8, 4) is 0 Å². The minimum absolute atomic E-state index is 0.492. The molecule has 0 aromatic carbocycles. The average Bonchev–Trinajstić information content (AvgIpc) is 2.69. The number of allylic oxidation sites excluding steroid dienone is 13. The summed E-state index contributed by atoms with van der Waals surface area (Å²) in [5.41, 5.74) is 6.53. The van der Waals surface area contributed by atoms with E-state index in [1.54, 1.807) is 0 Å². The minimum atomic E-state index is 0.492. The Morgan fingerprint density at radius 2 is 1.74 bits per heavy atom. The Balaban J connectivity index is 0.00000149. The zero-order valence-corrected chi connectivity index (χ0v) is 16.1. The first-order valence-corrected chi connectivity index (χ1v) is 8.63. The first-order valence-electron chi connectivity index (χ1n) is 8.63. The van der Waals surface area contributed by atoms with Gasteiger partial charge in [-0.1, -0.05) is 82.4 Å². The number of hydrogen-bond donors (Lipinski definition) is 0. The van der Waals surface area contributed by atoms with E-state index in [0.29, 0.717) is 5.92 Å². The van der Waals surface area contributed by atoms with Crippen LogP contribution in [0.3, 0.4) is 0 Å². The van der Waals surface area contributed by atoms with Gasteiger partial charge in [-0.05, 0) is 61.5 Å². The van der Waals surface area contributed by atoms with Crippen molar-refractivity contribution in [2.24, 2.45) is 5.92 Å². The van der Waals surface area contributed by atoms with Crippen LogP contribution in [-0.4, -0.2) is 0 Å². The fourth-order valence-electron chi connectivity index (χ4n) is 2.26. The summed E-state index contributed by atoms with van der Waals surface area (Å²) in [4.78, 5) is 0. The summed E-state index contributed by atoms with van der Waals surface area (Å²) in [5, 5.41) is 0. The summed E-state index contributed by atoms with van der Waals surface area (Å²) < 4.78 is 0. The van der Waals surface area contributed by atoms with Crippen LogP contribution < -0.4 is 0 Å². The third-order valence-corrected chi connectivity index (χ3v) is 3.70. The largest absolute Gasteiger partial charge is 0.0991 e. The van der Waals surface area contributed by atoms with Crippen LogP contribution in [0.2, 0.25) is 0 Å². The summed E-state index contributed by atoms with van der Waals surface area (Å²) >= 11 is 0. The molecule has 1 aliphatic carbocycles. The van der Waals surface area contributed by atoms with E-state index < -0.39 is 0 Å². The first-order chi connectivity index (χ1) is 10.9. The second kappa shape index (κ2) is 11.7. The van der Waals surface area contributed by atoms with E-state index in [1.807, 2.05) is 12.2 Å². The van der Waals surface area contributed by atoms with Crippen LogP contribution in [-0.2, 0) is 0 Å². The summed E-state index contributed by atoms with van der Waals surface area (Å²) in [6, 6.07) is 0. The van der Waals surface area contributed by atoms with Crippen molar-refractivity contribution < 1.29 is 0 Å². The maximum absolute atomic E-state index is 3.73. The molecule has 1 rings (SSSR count). The van der Waals surface area contributed by atoms with Crippen molar-refractivity contribution in [1.82, 2.24) is 0 Å². The molecule has 0 amide bonds. The molecule has 0 saturated carbocycles. The van der Waals surface area contributed by atoms with Crippen LogP contribution >= 0.6 is 0 Å². The first kappa shape index (κ1) is 21.2. The van der Waals surface area contributed by atoms with Crippen LogP contribution in [0.15, 0.2) is 83.1 Å². The fraction of sp³-hybridized carbons (Fsp3) is 0.391. The molecule has 0 aromatic heterocycles. The highest BCUT2D eigenvalue weighted by atomic mass is 14.1. The Hall–Kier alpha value is -1.82.